The number of esters is 1. The van der Waals surface area contributed by atoms with Crippen molar-refractivity contribution in [3.05, 3.63) is 65.5 Å². The number of hydrogen-bond acceptors (Lipinski definition) is 4. The Morgan fingerprint density at radius 2 is 2.00 bits per heavy atom. The number of rotatable bonds is 3. The number of benzene rings is 1. The van der Waals surface area contributed by atoms with Gasteiger partial charge in [-0.1, -0.05) is 36.3 Å². The highest BCUT2D eigenvalue weighted by atomic mass is 16.5. The van der Waals surface area contributed by atoms with E-state index in [2.05, 4.69) is 16.8 Å². The molecule has 4 heteroatoms. The first-order valence-electron chi connectivity index (χ1n) is 6.06. The van der Waals surface area contributed by atoms with E-state index in [1.807, 2.05) is 30.3 Å². The van der Waals surface area contributed by atoms with Gasteiger partial charge >= 0.3 is 5.97 Å². The summed E-state index contributed by atoms with van der Waals surface area (Å²) in [4.78, 5) is 15.8. The first-order chi connectivity index (χ1) is 9.79. The molecule has 0 saturated heterocycles. The second-order valence-corrected chi connectivity index (χ2v) is 3.95. The summed E-state index contributed by atoms with van der Waals surface area (Å²) in [6.45, 7) is 0.00823. The molecule has 0 atom stereocenters. The lowest BCUT2D eigenvalue weighted by Gasteiger charge is -2.04. The van der Waals surface area contributed by atoms with Crippen molar-refractivity contribution < 1.29 is 14.6 Å². The van der Waals surface area contributed by atoms with Crippen molar-refractivity contribution in [1.29, 1.82) is 0 Å². The Morgan fingerprint density at radius 1 is 1.20 bits per heavy atom. The lowest BCUT2D eigenvalue weighted by Crippen LogP contribution is -2.05. The van der Waals surface area contributed by atoms with Crippen molar-refractivity contribution in [2.75, 3.05) is 6.61 Å². The number of aliphatic hydroxyl groups is 1. The second-order valence-electron chi connectivity index (χ2n) is 3.95. The van der Waals surface area contributed by atoms with Gasteiger partial charge in [-0.15, -0.1) is 0 Å². The molecule has 1 heterocycles. The SMILES string of the molecule is O=C(OCc1ccccc1)c1ccc(C#CCO)nc1. The summed E-state index contributed by atoms with van der Waals surface area (Å²) in [6, 6.07) is 12.7. The lowest BCUT2D eigenvalue weighted by molar-refractivity contribution is 0.0472. The Kier molecular flexibility index (Phi) is 4.87. The zero-order valence-corrected chi connectivity index (χ0v) is 10.7. The zero-order valence-electron chi connectivity index (χ0n) is 10.7. The van der Waals surface area contributed by atoms with Crippen LogP contribution < -0.4 is 0 Å². The van der Waals surface area contributed by atoms with Gasteiger partial charge in [-0.05, 0) is 23.6 Å². The van der Waals surface area contributed by atoms with Gasteiger partial charge in [0.1, 0.15) is 18.9 Å². The normalized spacial score (nSPS) is 9.45. The fraction of sp³-hybridized carbons (Fsp3) is 0.125. The van der Waals surface area contributed by atoms with Crippen molar-refractivity contribution in [2.24, 2.45) is 0 Å². The average molecular weight is 267 g/mol. The standard InChI is InChI=1S/C16H13NO3/c18-10-4-7-15-9-8-14(11-17-15)16(19)20-12-13-5-2-1-3-6-13/h1-3,5-6,8-9,11,18H,10,12H2. The van der Waals surface area contributed by atoms with Crippen molar-refractivity contribution >= 4 is 5.97 Å². The van der Waals surface area contributed by atoms with Gasteiger partial charge in [-0.2, -0.15) is 0 Å². The highest BCUT2D eigenvalue weighted by Gasteiger charge is 2.07. The van der Waals surface area contributed by atoms with E-state index in [4.69, 9.17) is 9.84 Å². The average Bonchev–Trinajstić information content (AvgIpc) is 2.52. The summed E-state index contributed by atoms with van der Waals surface area (Å²) < 4.78 is 5.18. The van der Waals surface area contributed by atoms with Gasteiger partial charge in [0.25, 0.3) is 0 Å². The maximum absolute atomic E-state index is 11.8. The molecule has 1 aromatic heterocycles. The fourth-order valence-electron chi connectivity index (χ4n) is 1.53. The summed E-state index contributed by atoms with van der Waals surface area (Å²) in [7, 11) is 0. The predicted octanol–water partition coefficient (Wildman–Crippen LogP) is 1.78. The van der Waals surface area contributed by atoms with E-state index in [-0.39, 0.29) is 13.2 Å². The monoisotopic (exact) mass is 267 g/mol. The predicted molar refractivity (Wildman–Crippen MR) is 73.8 cm³/mol. The highest BCUT2D eigenvalue weighted by molar-refractivity contribution is 5.89. The van der Waals surface area contributed by atoms with Gasteiger partial charge in [0.15, 0.2) is 0 Å². The molecule has 1 aromatic carbocycles. The van der Waals surface area contributed by atoms with E-state index >= 15 is 0 Å². The summed E-state index contributed by atoms with van der Waals surface area (Å²) in [5.74, 6) is 4.71. The maximum atomic E-state index is 11.8. The van der Waals surface area contributed by atoms with Crippen LogP contribution in [-0.4, -0.2) is 22.7 Å². The third-order valence-corrected chi connectivity index (χ3v) is 2.51. The Labute approximate surface area is 117 Å². The summed E-state index contributed by atoms with van der Waals surface area (Å²) in [6.07, 6.45) is 1.41. The highest BCUT2D eigenvalue weighted by Crippen LogP contribution is 2.06. The van der Waals surface area contributed by atoms with Crippen LogP contribution in [0.4, 0.5) is 0 Å². The number of hydrogen-bond donors (Lipinski definition) is 1. The van der Waals surface area contributed by atoms with E-state index in [1.54, 1.807) is 12.1 Å². The number of aliphatic hydroxyl groups excluding tert-OH is 1. The van der Waals surface area contributed by atoms with Crippen LogP contribution >= 0.6 is 0 Å². The minimum absolute atomic E-state index is 0.220. The number of aromatic nitrogens is 1. The van der Waals surface area contributed by atoms with Gasteiger partial charge in [0, 0.05) is 6.20 Å². The molecule has 0 aliphatic rings. The van der Waals surface area contributed by atoms with Gasteiger partial charge < -0.3 is 9.84 Å². The second kappa shape index (κ2) is 7.07. The summed E-state index contributed by atoms with van der Waals surface area (Å²) >= 11 is 0. The molecule has 0 aliphatic heterocycles. The van der Waals surface area contributed by atoms with Crippen molar-refractivity contribution in [2.45, 2.75) is 6.61 Å². The van der Waals surface area contributed by atoms with Crippen LogP contribution in [0.15, 0.2) is 48.7 Å². The number of ether oxygens (including phenoxy) is 1. The van der Waals surface area contributed by atoms with Crippen molar-refractivity contribution in [3.8, 4) is 11.8 Å². The van der Waals surface area contributed by atoms with Crippen LogP contribution in [-0.2, 0) is 11.3 Å². The largest absolute Gasteiger partial charge is 0.457 e. The molecule has 1 N–H and O–H groups in total. The Balaban J connectivity index is 1.96. The van der Waals surface area contributed by atoms with Gasteiger partial charge in [-0.25, -0.2) is 9.78 Å². The van der Waals surface area contributed by atoms with E-state index in [0.717, 1.165) is 5.56 Å². The Hall–Kier alpha value is -2.64. The molecule has 20 heavy (non-hydrogen) atoms. The minimum Gasteiger partial charge on any atom is -0.457 e. The van der Waals surface area contributed by atoms with Gasteiger partial charge in [0.05, 0.1) is 5.56 Å². The number of pyridine rings is 1. The van der Waals surface area contributed by atoms with E-state index in [0.29, 0.717) is 11.3 Å². The van der Waals surface area contributed by atoms with Crippen LogP contribution in [0, 0.1) is 11.8 Å². The molecular formula is C16H13NO3. The molecule has 2 aromatic rings. The number of nitrogens with zero attached hydrogens (tertiary/aromatic N) is 1. The molecule has 2 rings (SSSR count). The van der Waals surface area contributed by atoms with E-state index in [1.165, 1.54) is 6.20 Å². The molecule has 0 spiro atoms. The minimum atomic E-state index is -0.428. The van der Waals surface area contributed by atoms with Crippen molar-refractivity contribution in [1.82, 2.24) is 4.98 Å². The fourth-order valence-corrected chi connectivity index (χ4v) is 1.53. The first kappa shape index (κ1) is 13.8. The molecule has 0 radical (unpaired) electrons. The van der Waals surface area contributed by atoms with Crippen molar-refractivity contribution in [3.63, 3.8) is 0 Å². The third-order valence-electron chi connectivity index (χ3n) is 2.51. The topological polar surface area (TPSA) is 59.4 Å². The molecule has 0 bridgehead atoms. The Morgan fingerprint density at radius 3 is 2.65 bits per heavy atom. The number of carbonyl (C=O) groups is 1. The summed E-state index contributed by atoms with van der Waals surface area (Å²) in [5, 5.41) is 8.57. The summed E-state index contributed by atoms with van der Waals surface area (Å²) in [5.41, 5.74) is 1.80. The lowest BCUT2D eigenvalue weighted by atomic mass is 10.2. The van der Waals surface area contributed by atoms with E-state index < -0.39 is 5.97 Å². The molecule has 0 aliphatic carbocycles. The number of carbonyl (C=O) groups excluding carboxylic acids is 1. The van der Waals surface area contributed by atoms with Crippen LogP contribution in [0.1, 0.15) is 21.6 Å². The molecule has 0 fully saturated rings. The van der Waals surface area contributed by atoms with Crippen LogP contribution in [0.3, 0.4) is 0 Å². The third kappa shape index (κ3) is 3.94. The van der Waals surface area contributed by atoms with Crippen LogP contribution in [0.2, 0.25) is 0 Å². The quantitative estimate of drug-likeness (QED) is 0.680. The smallest absolute Gasteiger partial charge is 0.340 e. The van der Waals surface area contributed by atoms with Gasteiger partial charge in [0.2, 0.25) is 0 Å². The molecular weight excluding hydrogens is 254 g/mol. The van der Waals surface area contributed by atoms with Crippen LogP contribution in [0.5, 0.6) is 0 Å². The maximum Gasteiger partial charge on any atom is 0.340 e. The molecule has 4 nitrogen and oxygen atoms in total. The van der Waals surface area contributed by atoms with Gasteiger partial charge in [-0.3, -0.25) is 0 Å². The molecule has 0 amide bonds. The zero-order chi connectivity index (χ0) is 14.2. The Bertz CT molecular complexity index is 624. The first-order valence-corrected chi connectivity index (χ1v) is 6.06. The molecule has 0 unspecified atom stereocenters. The van der Waals surface area contributed by atoms with E-state index in [9.17, 15) is 4.79 Å². The van der Waals surface area contributed by atoms with Crippen LogP contribution in [0.25, 0.3) is 0 Å². The molecule has 0 saturated carbocycles. The molecule has 100 valence electrons.